The van der Waals surface area contributed by atoms with Gasteiger partial charge in [0, 0.05) is 12.8 Å². The second-order valence-corrected chi connectivity index (χ2v) is 7.70. The lowest BCUT2D eigenvalue weighted by atomic mass is 9.81. The predicted molar refractivity (Wildman–Crippen MR) is 96.3 cm³/mol. The molecular formula is C18H25N3O2S. The number of hydrogen-bond acceptors (Lipinski definition) is 5. The topological polar surface area (TPSA) is 60.2 Å². The number of thioether (sulfide) groups is 1. The summed E-state index contributed by atoms with van der Waals surface area (Å²) in [6.45, 7) is 2.26. The third-order valence-electron chi connectivity index (χ3n) is 4.86. The van der Waals surface area contributed by atoms with Crippen molar-refractivity contribution in [3.05, 3.63) is 24.3 Å². The van der Waals surface area contributed by atoms with Crippen LogP contribution in [0.25, 0.3) is 11.4 Å². The van der Waals surface area contributed by atoms with Crippen LogP contribution in [0, 0.1) is 5.92 Å². The van der Waals surface area contributed by atoms with Gasteiger partial charge in [0.05, 0.1) is 18.3 Å². The number of aromatic nitrogens is 3. The summed E-state index contributed by atoms with van der Waals surface area (Å²) in [5, 5.41) is 20.2. The van der Waals surface area contributed by atoms with Gasteiger partial charge in [0.25, 0.3) is 0 Å². The van der Waals surface area contributed by atoms with Crippen molar-refractivity contribution >= 4 is 11.8 Å². The lowest BCUT2D eigenvalue weighted by Gasteiger charge is -2.34. The second kappa shape index (κ2) is 7.15. The summed E-state index contributed by atoms with van der Waals surface area (Å²) in [7, 11) is 3.61. The third kappa shape index (κ3) is 3.59. The monoisotopic (exact) mass is 347 g/mol. The van der Waals surface area contributed by atoms with Gasteiger partial charge in [-0.1, -0.05) is 30.8 Å². The van der Waals surface area contributed by atoms with Gasteiger partial charge in [0.2, 0.25) is 0 Å². The summed E-state index contributed by atoms with van der Waals surface area (Å²) in [6.07, 6.45) is 3.95. The maximum Gasteiger partial charge on any atom is 0.191 e. The minimum Gasteiger partial charge on any atom is -0.496 e. The molecule has 1 saturated carbocycles. The van der Waals surface area contributed by atoms with E-state index in [0.29, 0.717) is 5.75 Å². The Morgan fingerprint density at radius 1 is 1.29 bits per heavy atom. The van der Waals surface area contributed by atoms with E-state index in [1.54, 1.807) is 18.9 Å². The van der Waals surface area contributed by atoms with Gasteiger partial charge < -0.3 is 14.4 Å². The van der Waals surface area contributed by atoms with E-state index in [0.717, 1.165) is 53.9 Å². The first-order valence-corrected chi connectivity index (χ1v) is 9.39. The number of rotatable bonds is 5. The van der Waals surface area contributed by atoms with Crippen LogP contribution in [-0.4, -0.2) is 38.3 Å². The maximum atomic E-state index is 10.7. The van der Waals surface area contributed by atoms with E-state index in [1.807, 2.05) is 35.9 Å². The highest BCUT2D eigenvalue weighted by molar-refractivity contribution is 7.99. The highest BCUT2D eigenvalue weighted by Gasteiger charge is 2.32. The standard InChI is InChI=1S/C18H25N3O2S/c1-13-8-10-18(22,11-9-13)12-24-17-20-19-16(21(17)2)14-6-4-5-7-15(14)23-3/h4-7,13,22H,8-12H2,1-3H3. The van der Waals surface area contributed by atoms with Gasteiger partial charge >= 0.3 is 0 Å². The molecule has 0 spiro atoms. The predicted octanol–water partition coefficient (Wildman–Crippen LogP) is 3.52. The van der Waals surface area contributed by atoms with Crippen LogP contribution < -0.4 is 4.74 Å². The van der Waals surface area contributed by atoms with Crippen molar-refractivity contribution in [2.45, 2.75) is 43.4 Å². The Kier molecular flexibility index (Phi) is 5.15. The van der Waals surface area contributed by atoms with E-state index >= 15 is 0 Å². The third-order valence-corrected chi connectivity index (χ3v) is 6.15. The van der Waals surface area contributed by atoms with Crippen molar-refractivity contribution in [3.63, 3.8) is 0 Å². The second-order valence-electron chi connectivity index (χ2n) is 6.76. The summed E-state index contributed by atoms with van der Waals surface area (Å²) in [4.78, 5) is 0. The summed E-state index contributed by atoms with van der Waals surface area (Å²) < 4.78 is 7.39. The van der Waals surface area contributed by atoms with Crippen LogP contribution in [0.4, 0.5) is 0 Å². The van der Waals surface area contributed by atoms with Crippen LogP contribution in [0.1, 0.15) is 32.6 Å². The molecule has 1 aromatic heterocycles. The number of benzene rings is 1. The van der Waals surface area contributed by atoms with Crippen molar-refractivity contribution in [2.24, 2.45) is 13.0 Å². The molecule has 0 bridgehead atoms. The first-order valence-electron chi connectivity index (χ1n) is 8.40. The molecule has 130 valence electrons. The van der Waals surface area contributed by atoms with E-state index < -0.39 is 5.60 Å². The van der Waals surface area contributed by atoms with Crippen molar-refractivity contribution in [2.75, 3.05) is 12.9 Å². The molecule has 3 rings (SSSR count). The molecule has 2 aromatic rings. The molecule has 0 amide bonds. The molecule has 5 nitrogen and oxygen atoms in total. The van der Waals surface area contributed by atoms with Crippen molar-refractivity contribution < 1.29 is 9.84 Å². The molecule has 1 aliphatic rings. The van der Waals surface area contributed by atoms with Crippen LogP contribution in [0.2, 0.25) is 0 Å². The Morgan fingerprint density at radius 2 is 2.00 bits per heavy atom. The van der Waals surface area contributed by atoms with Gasteiger partial charge in [0.1, 0.15) is 5.75 Å². The highest BCUT2D eigenvalue weighted by Crippen LogP contribution is 2.36. The lowest BCUT2D eigenvalue weighted by Crippen LogP contribution is -2.36. The fourth-order valence-corrected chi connectivity index (χ4v) is 4.21. The molecular weight excluding hydrogens is 322 g/mol. The average molecular weight is 347 g/mol. The molecule has 24 heavy (non-hydrogen) atoms. The smallest absolute Gasteiger partial charge is 0.191 e. The van der Waals surface area contributed by atoms with Gasteiger partial charge in [-0.3, -0.25) is 0 Å². The fraction of sp³-hybridized carbons (Fsp3) is 0.556. The quantitative estimate of drug-likeness (QED) is 0.839. The number of para-hydroxylation sites is 1. The molecule has 0 aliphatic heterocycles. The first-order chi connectivity index (χ1) is 11.5. The molecule has 1 N–H and O–H groups in total. The van der Waals surface area contributed by atoms with Gasteiger partial charge in [-0.2, -0.15) is 0 Å². The molecule has 0 radical (unpaired) electrons. The summed E-state index contributed by atoms with van der Waals surface area (Å²) in [5.41, 5.74) is 0.348. The van der Waals surface area contributed by atoms with Gasteiger partial charge in [-0.25, -0.2) is 0 Å². The summed E-state index contributed by atoms with van der Waals surface area (Å²) in [5.74, 6) is 2.95. The van der Waals surface area contributed by atoms with E-state index in [-0.39, 0.29) is 0 Å². The SMILES string of the molecule is COc1ccccc1-c1nnc(SCC2(O)CCC(C)CC2)n1C. The summed E-state index contributed by atoms with van der Waals surface area (Å²) >= 11 is 1.58. The minimum atomic E-state index is -0.576. The van der Waals surface area contributed by atoms with E-state index in [2.05, 4.69) is 17.1 Å². The van der Waals surface area contributed by atoms with Crippen LogP contribution in [-0.2, 0) is 7.05 Å². The lowest BCUT2D eigenvalue weighted by molar-refractivity contribution is 0.0149. The fourth-order valence-electron chi connectivity index (χ4n) is 3.15. The van der Waals surface area contributed by atoms with Gasteiger partial charge in [0.15, 0.2) is 11.0 Å². The zero-order valence-corrected chi connectivity index (χ0v) is 15.3. The van der Waals surface area contributed by atoms with E-state index in [4.69, 9.17) is 4.74 Å². The molecule has 0 saturated heterocycles. The van der Waals surface area contributed by atoms with Crippen molar-refractivity contribution in [1.82, 2.24) is 14.8 Å². The van der Waals surface area contributed by atoms with Crippen LogP contribution >= 0.6 is 11.8 Å². The zero-order chi connectivity index (χ0) is 17.2. The zero-order valence-electron chi connectivity index (χ0n) is 14.5. The number of nitrogens with zero attached hydrogens (tertiary/aromatic N) is 3. The maximum absolute atomic E-state index is 10.7. The summed E-state index contributed by atoms with van der Waals surface area (Å²) in [6, 6.07) is 7.80. The van der Waals surface area contributed by atoms with Gasteiger partial charge in [-0.15, -0.1) is 10.2 Å². The van der Waals surface area contributed by atoms with Crippen molar-refractivity contribution in [3.8, 4) is 17.1 Å². The number of hydrogen-bond donors (Lipinski definition) is 1. The average Bonchev–Trinajstić information content (AvgIpc) is 2.97. The largest absolute Gasteiger partial charge is 0.496 e. The Morgan fingerprint density at radius 3 is 2.71 bits per heavy atom. The molecule has 0 atom stereocenters. The molecule has 1 aliphatic carbocycles. The Hall–Kier alpha value is -1.53. The van der Waals surface area contributed by atoms with Crippen LogP contribution in [0.15, 0.2) is 29.4 Å². The minimum absolute atomic E-state index is 0.576. The van der Waals surface area contributed by atoms with Gasteiger partial charge in [-0.05, 0) is 43.7 Å². The Bertz CT molecular complexity index is 693. The number of ether oxygens (including phenoxy) is 1. The molecule has 1 fully saturated rings. The van der Waals surface area contributed by atoms with Crippen LogP contribution in [0.3, 0.4) is 0 Å². The normalized spacial score (nSPS) is 24.1. The highest BCUT2D eigenvalue weighted by atomic mass is 32.2. The first kappa shape index (κ1) is 17.3. The van der Waals surface area contributed by atoms with E-state index in [9.17, 15) is 5.11 Å². The van der Waals surface area contributed by atoms with Crippen LogP contribution in [0.5, 0.6) is 5.75 Å². The molecule has 0 unspecified atom stereocenters. The molecule has 1 aromatic carbocycles. The Balaban J connectivity index is 1.74. The number of methoxy groups -OCH3 is 1. The van der Waals surface area contributed by atoms with E-state index in [1.165, 1.54) is 0 Å². The molecule has 1 heterocycles. The number of aliphatic hydroxyl groups is 1. The van der Waals surface area contributed by atoms with Crippen molar-refractivity contribution in [1.29, 1.82) is 0 Å². The Labute approximate surface area is 147 Å². The molecule has 6 heteroatoms.